The molecule has 146 valence electrons. The number of nitrogens with two attached hydrogens (primary N) is 1. The molecule has 5 fully saturated rings. The molecule has 1 saturated heterocycles. The zero-order valence-electron chi connectivity index (χ0n) is 16.4. The molecule has 0 aromatic carbocycles. The van der Waals surface area contributed by atoms with Crippen LogP contribution in [0.5, 0.6) is 0 Å². The molecule has 5 nitrogen and oxygen atoms in total. The van der Waals surface area contributed by atoms with Crippen molar-refractivity contribution in [2.45, 2.75) is 77.3 Å². The van der Waals surface area contributed by atoms with Crippen molar-refractivity contribution in [3.63, 3.8) is 0 Å². The molecule has 0 spiro atoms. The molecule has 26 heavy (non-hydrogen) atoms. The third kappa shape index (κ3) is 3.28. The van der Waals surface area contributed by atoms with Gasteiger partial charge >= 0.3 is 0 Å². The van der Waals surface area contributed by atoms with E-state index in [9.17, 15) is 9.59 Å². The Morgan fingerprint density at radius 1 is 1.08 bits per heavy atom. The van der Waals surface area contributed by atoms with Crippen molar-refractivity contribution >= 4 is 11.8 Å². The van der Waals surface area contributed by atoms with Gasteiger partial charge in [0.1, 0.15) is 6.04 Å². The highest BCUT2D eigenvalue weighted by atomic mass is 16.2. The summed E-state index contributed by atoms with van der Waals surface area (Å²) in [5, 5.41) is 3.21. The van der Waals surface area contributed by atoms with E-state index in [-0.39, 0.29) is 29.2 Å². The second-order valence-electron chi connectivity index (χ2n) is 10.1. The van der Waals surface area contributed by atoms with E-state index in [1.807, 2.05) is 18.7 Å². The molecule has 5 rings (SSSR count). The summed E-state index contributed by atoms with van der Waals surface area (Å²) in [5.41, 5.74) is 5.87. The third-order valence-electron chi connectivity index (χ3n) is 7.51. The Labute approximate surface area is 157 Å². The smallest absolute Gasteiger partial charge is 0.245 e. The van der Waals surface area contributed by atoms with Gasteiger partial charge in [-0.3, -0.25) is 9.59 Å². The molecular weight excluding hydrogens is 326 g/mol. The quantitative estimate of drug-likeness (QED) is 0.807. The van der Waals surface area contributed by atoms with Crippen LogP contribution < -0.4 is 11.1 Å². The van der Waals surface area contributed by atoms with Crippen molar-refractivity contribution in [1.29, 1.82) is 0 Å². The molecule has 3 N–H and O–H groups in total. The van der Waals surface area contributed by atoms with Crippen LogP contribution >= 0.6 is 0 Å². The molecule has 2 atom stereocenters. The number of nitrogens with one attached hydrogen (secondary N) is 1. The van der Waals surface area contributed by atoms with Crippen LogP contribution in [0.15, 0.2) is 0 Å². The van der Waals surface area contributed by atoms with Crippen LogP contribution in [0.1, 0.15) is 65.2 Å². The van der Waals surface area contributed by atoms with Gasteiger partial charge in [-0.05, 0) is 75.0 Å². The van der Waals surface area contributed by atoms with E-state index in [1.54, 1.807) is 0 Å². The molecule has 4 aliphatic carbocycles. The van der Waals surface area contributed by atoms with E-state index in [4.69, 9.17) is 5.73 Å². The Balaban J connectivity index is 1.46. The molecule has 1 aliphatic heterocycles. The number of likely N-dealkylation sites (tertiary alicyclic amines) is 1. The van der Waals surface area contributed by atoms with Gasteiger partial charge in [-0.1, -0.05) is 13.8 Å². The molecular formula is C21H35N3O2. The van der Waals surface area contributed by atoms with Gasteiger partial charge in [-0.2, -0.15) is 0 Å². The summed E-state index contributed by atoms with van der Waals surface area (Å²) in [6, 6.07) is -0.347. The summed E-state index contributed by atoms with van der Waals surface area (Å²) < 4.78 is 0. The largest absolute Gasteiger partial charge is 0.344 e. The maximum absolute atomic E-state index is 13.4. The van der Waals surface area contributed by atoms with Crippen LogP contribution in [0, 0.1) is 29.1 Å². The molecule has 5 heteroatoms. The monoisotopic (exact) mass is 361 g/mol. The number of rotatable bonds is 4. The summed E-state index contributed by atoms with van der Waals surface area (Å²) >= 11 is 0. The van der Waals surface area contributed by atoms with Crippen LogP contribution in [0.3, 0.4) is 0 Å². The number of nitrogens with zero attached hydrogens (tertiary/aromatic N) is 1. The molecule has 4 bridgehead atoms. The lowest BCUT2D eigenvalue weighted by Gasteiger charge is -2.56. The first kappa shape index (κ1) is 18.3. The van der Waals surface area contributed by atoms with Gasteiger partial charge in [0, 0.05) is 24.5 Å². The van der Waals surface area contributed by atoms with Crippen molar-refractivity contribution in [3.05, 3.63) is 0 Å². The van der Waals surface area contributed by atoms with Crippen LogP contribution in [-0.2, 0) is 9.59 Å². The van der Waals surface area contributed by atoms with Gasteiger partial charge in [0.2, 0.25) is 11.8 Å². The van der Waals surface area contributed by atoms with E-state index in [0.29, 0.717) is 6.54 Å². The van der Waals surface area contributed by atoms with Crippen LogP contribution in [0.25, 0.3) is 0 Å². The fourth-order valence-corrected chi connectivity index (χ4v) is 6.60. The number of amides is 2. The highest BCUT2D eigenvalue weighted by molar-refractivity contribution is 5.90. The van der Waals surface area contributed by atoms with Crippen molar-refractivity contribution in [2.75, 3.05) is 13.1 Å². The van der Waals surface area contributed by atoms with Gasteiger partial charge in [0.25, 0.3) is 0 Å². The Kier molecular flexibility index (Phi) is 4.79. The second kappa shape index (κ2) is 6.81. The van der Waals surface area contributed by atoms with Gasteiger partial charge in [-0.25, -0.2) is 0 Å². The number of hydrogen-bond acceptors (Lipinski definition) is 3. The Morgan fingerprint density at radius 3 is 2.15 bits per heavy atom. The topological polar surface area (TPSA) is 75.4 Å². The first-order valence-corrected chi connectivity index (χ1v) is 10.7. The van der Waals surface area contributed by atoms with Gasteiger partial charge in [-0.15, -0.1) is 0 Å². The highest BCUT2D eigenvalue weighted by Gasteiger charge is 2.55. The first-order chi connectivity index (χ1) is 12.4. The summed E-state index contributed by atoms with van der Waals surface area (Å²) in [6.07, 6.45) is 9.03. The molecule has 1 heterocycles. The molecule has 0 radical (unpaired) electrons. The summed E-state index contributed by atoms with van der Waals surface area (Å²) in [7, 11) is 0. The number of hydrogen-bond donors (Lipinski definition) is 2. The maximum atomic E-state index is 13.4. The molecule has 5 aliphatic rings. The molecule has 0 aromatic heterocycles. The lowest BCUT2D eigenvalue weighted by Crippen LogP contribution is -2.60. The lowest BCUT2D eigenvalue weighted by atomic mass is 9.49. The van der Waals surface area contributed by atoms with E-state index >= 15 is 0 Å². The SMILES string of the molecule is CC(C)C(NC(=O)C12CC3CC(CC(C3)C1)C2)C(=O)N1CCCC(N)C1. The first-order valence-electron chi connectivity index (χ1n) is 10.7. The van der Waals surface area contributed by atoms with E-state index in [1.165, 1.54) is 19.3 Å². The average Bonchev–Trinajstić information content (AvgIpc) is 2.57. The zero-order chi connectivity index (χ0) is 18.5. The minimum absolute atomic E-state index is 0.0632. The minimum Gasteiger partial charge on any atom is -0.344 e. The van der Waals surface area contributed by atoms with Crippen molar-refractivity contribution in [2.24, 2.45) is 34.8 Å². The van der Waals surface area contributed by atoms with Crippen molar-refractivity contribution in [3.8, 4) is 0 Å². The minimum atomic E-state index is -0.416. The molecule has 2 amide bonds. The predicted molar refractivity (Wildman–Crippen MR) is 101 cm³/mol. The number of carbonyl (C=O) groups excluding carboxylic acids is 2. The fourth-order valence-electron chi connectivity index (χ4n) is 6.60. The number of carbonyl (C=O) groups is 2. The Hall–Kier alpha value is -1.10. The van der Waals surface area contributed by atoms with Gasteiger partial charge < -0.3 is 16.0 Å². The van der Waals surface area contributed by atoms with Crippen LogP contribution in [0.2, 0.25) is 0 Å². The molecule has 0 aromatic rings. The van der Waals surface area contributed by atoms with Crippen LogP contribution in [-0.4, -0.2) is 41.9 Å². The summed E-state index contributed by atoms with van der Waals surface area (Å²) in [5.74, 6) is 2.53. The van der Waals surface area contributed by atoms with E-state index in [0.717, 1.165) is 56.4 Å². The average molecular weight is 362 g/mol. The molecule has 4 saturated carbocycles. The third-order valence-corrected chi connectivity index (χ3v) is 7.51. The standard InChI is InChI=1S/C21H35N3O2/c1-13(2)18(19(25)24-5-3-4-17(22)12-24)23-20(26)21-9-14-6-15(10-21)8-16(7-14)11-21/h13-18H,3-12,22H2,1-2H3,(H,23,26). The summed E-state index contributed by atoms with van der Waals surface area (Å²) in [6.45, 7) is 5.46. The van der Waals surface area contributed by atoms with E-state index < -0.39 is 6.04 Å². The maximum Gasteiger partial charge on any atom is 0.245 e. The van der Waals surface area contributed by atoms with Gasteiger partial charge in [0.05, 0.1) is 0 Å². The van der Waals surface area contributed by atoms with E-state index in [2.05, 4.69) is 5.32 Å². The molecule has 2 unspecified atom stereocenters. The van der Waals surface area contributed by atoms with Crippen molar-refractivity contribution < 1.29 is 9.59 Å². The Bertz CT molecular complexity index is 538. The fraction of sp³-hybridized carbons (Fsp3) is 0.905. The Morgan fingerprint density at radius 2 is 1.65 bits per heavy atom. The summed E-state index contributed by atoms with van der Waals surface area (Å²) in [4.78, 5) is 28.3. The van der Waals surface area contributed by atoms with Crippen LogP contribution in [0.4, 0.5) is 0 Å². The highest BCUT2D eigenvalue weighted by Crippen LogP contribution is 2.60. The number of piperidine rings is 1. The predicted octanol–water partition coefficient (Wildman–Crippen LogP) is 2.29. The van der Waals surface area contributed by atoms with Gasteiger partial charge in [0.15, 0.2) is 0 Å². The van der Waals surface area contributed by atoms with Crippen molar-refractivity contribution in [1.82, 2.24) is 10.2 Å². The lowest BCUT2D eigenvalue weighted by molar-refractivity contribution is -0.151. The zero-order valence-corrected chi connectivity index (χ0v) is 16.4. The second-order valence-corrected chi connectivity index (χ2v) is 10.1. The normalized spacial score (nSPS) is 39.9.